The highest BCUT2D eigenvalue weighted by atomic mass is 16.5. The van der Waals surface area contributed by atoms with Crippen LogP contribution in [0.1, 0.15) is 35.6 Å². The first-order valence-corrected chi connectivity index (χ1v) is 10.2. The highest BCUT2D eigenvalue weighted by Gasteiger charge is 2.36. The van der Waals surface area contributed by atoms with Crippen molar-refractivity contribution in [2.45, 2.75) is 46.8 Å². The lowest BCUT2D eigenvalue weighted by atomic mass is 10.0. The number of carbonyl (C=O) groups excluding carboxylic acids is 3. The number of likely N-dealkylation sites (tertiary alicyclic amines) is 1. The van der Waals surface area contributed by atoms with Gasteiger partial charge in [0.2, 0.25) is 5.91 Å². The molecule has 2 aromatic carbocycles. The first-order valence-electron chi connectivity index (χ1n) is 10.2. The molecule has 0 bridgehead atoms. The quantitative estimate of drug-likeness (QED) is 0.742. The first-order chi connectivity index (χ1) is 14.2. The third kappa shape index (κ3) is 5.06. The van der Waals surface area contributed by atoms with E-state index in [1.807, 2.05) is 63.2 Å². The molecular formula is C24H28N2O4. The minimum absolute atomic E-state index is 0.0798. The Morgan fingerprint density at radius 2 is 1.77 bits per heavy atom. The molecule has 0 aromatic heterocycles. The van der Waals surface area contributed by atoms with Crippen molar-refractivity contribution in [1.29, 1.82) is 0 Å². The normalized spacial score (nSPS) is 17.0. The van der Waals surface area contributed by atoms with Crippen molar-refractivity contribution in [3.05, 3.63) is 64.7 Å². The Morgan fingerprint density at radius 3 is 2.40 bits per heavy atom. The number of hydrogen-bond acceptors (Lipinski definition) is 4. The van der Waals surface area contributed by atoms with Crippen LogP contribution in [0.2, 0.25) is 0 Å². The molecule has 158 valence electrons. The van der Waals surface area contributed by atoms with Crippen LogP contribution in [0.3, 0.4) is 0 Å². The van der Waals surface area contributed by atoms with E-state index in [2.05, 4.69) is 5.32 Å². The molecule has 6 nitrogen and oxygen atoms in total. The third-order valence-electron chi connectivity index (χ3n) is 5.35. The number of nitrogens with one attached hydrogen (secondary N) is 1. The summed E-state index contributed by atoms with van der Waals surface area (Å²) in [7, 11) is 0. The Bertz CT molecular complexity index is 932. The van der Waals surface area contributed by atoms with Gasteiger partial charge in [0.05, 0.1) is 5.92 Å². The minimum atomic E-state index is -0.948. The van der Waals surface area contributed by atoms with Crippen LogP contribution in [0.4, 0.5) is 5.69 Å². The van der Waals surface area contributed by atoms with Gasteiger partial charge >= 0.3 is 5.97 Å². The Balaban J connectivity index is 1.56. The number of esters is 1. The monoisotopic (exact) mass is 408 g/mol. The maximum atomic E-state index is 12.6. The predicted molar refractivity (Wildman–Crippen MR) is 115 cm³/mol. The van der Waals surface area contributed by atoms with E-state index in [0.29, 0.717) is 13.1 Å². The van der Waals surface area contributed by atoms with E-state index in [9.17, 15) is 14.4 Å². The molecule has 1 saturated heterocycles. The molecule has 30 heavy (non-hydrogen) atoms. The van der Waals surface area contributed by atoms with Crippen molar-refractivity contribution < 1.29 is 19.1 Å². The minimum Gasteiger partial charge on any atom is -0.452 e. The van der Waals surface area contributed by atoms with Crippen LogP contribution in [-0.4, -0.2) is 35.3 Å². The van der Waals surface area contributed by atoms with Gasteiger partial charge in [0.1, 0.15) is 0 Å². The number of aryl methyl sites for hydroxylation is 3. The molecule has 2 atom stereocenters. The summed E-state index contributed by atoms with van der Waals surface area (Å²) in [6.07, 6.45) is -0.841. The van der Waals surface area contributed by atoms with Crippen LogP contribution in [0.5, 0.6) is 0 Å². The summed E-state index contributed by atoms with van der Waals surface area (Å²) in [5.74, 6) is -1.54. The molecule has 1 aliphatic heterocycles. The zero-order valence-corrected chi connectivity index (χ0v) is 17.9. The van der Waals surface area contributed by atoms with Crippen molar-refractivity contribution in [1.82, 2.24) is 4.90 Å². The lowest BCUT2D eigenvalue weighted by molar-refractivity contribution is -0.157. The molecule has 1 heterocycles. The van der Waals surface area contributed by atoms with Crippen LogP contribution in [-0.2, 0) is 25.7 Å². The molecule has 0 saturated carbocycles. The van der Waals surface area contributed by atoms with Crippen LogP contribution in [0, 0.1) is 26.7 Å². The molecule has 0 unspecified atom stereocenters. The summed E-state index contributed by atoms with van der Waals surface area (Å²) in [5, 5.41) is 2.86. The molecule has 0 aliphatic carbocycles. The molecule has 0 radical (unpaired) electrons. The number of benzene rings is 2. The topological polar surface area (TPSA) is 75.7 Å². The maximum absolute atomic E-state index is 12.6. The number of hydrogen-bond donors (Lipinski definition) is 1. The molecule has 0 spiro atoms. The summed E-state index contributed by atoms with van der Waals surface area (Å²) in [4.78, 5) is 39.1. The zero-order chi connectivity index (χ0) is 21.8. The van der Waals surface area contributed by atoms with Crippen molar-refractivity contribution in [2.24, 2.45) is 5.92 Å². The van der Waals surface area contributed by atoms with E-state index in [4.69, 9.17) is 4.74 Å². The SMILES string of the molecule is Cc1cc(C)c(NC(=O)[C@@H](C)OC(=O)[C@H]2CC(=O)N(Cc3ccccc3)C2)c(C)c1. The summed E-state index contributed by atoms with van der Waals surface area (Å²) in [6, 6.07) is 13.6. The van der Waals surface area contributed by atoms with Gasteiger partial charge in [0.25, 0.3) is 5.91 Å². The Morgan fingerprint density at radius 1 is 1.13 bits per heavy atom. The van der Waals surface area contributed by atoms with Gasteiger partial charge in [0.15, 0.2) is 6.10 Å². The molecule has 2 amide bonds. The molecule has 1 fully saturated rings. The Hall–Kier alpha value is -3.15. The van der Waals surface area contributed by atoms with E-state index >= 15 is 0 Å². The smallest absolute Gasteiger partial charge is 0.312 e. The van der Waals surface area contributed by atoms with Gasteiger partial charge in [-0.1, -0.05) is 48.0 Å². The maximum Gasteiger partial charge on any atom is 0.312 e. The van der Waals surface area contributed by atoms with Crippen molar-refractivity contribution >= 4 is 23.5 Å². The standard InChI is InChI=1S/C24H28N2O4/c1-15-10-16(2)22(17(3)11-15)25-23(28)18(4)30-24(29)20-12-21(27)26(14-20)13-19-8-6-5-7-9-19/h5-11,18,20H,12-14H2,1-4H3,(H,25,28)/t18-,20+/m1/s1. The molecule has 3 rings (SSSR count). The molecule has 6 heteroatoms. The Kier molecular flexibility index (Phi) is 6.55. The number of rotatable bonds is 6. The van der Waals surface area contributed by atoms with Gasteiger partial charge in [-0.25, -0.2) is 0 Å². The zero-order valence-electron chi connectivity index (χ0n) is 17.9. The second-order valence-electron chi connectivity index (χ2n) is 8.00. The van der Waals surface area contributed by atoms with Crippen molar-refractivity contribution in [3.63, 3.8) is 0 Å². The van der Waals surface area contributed by atoms with Crippen molar-refractivity contribution in [3.8, 4) is 0 Å². The lowest BCUT2D eigenvalue weighted by Crippen LogP contribution is -2.33. The lowest BCUT2D eigenvalue weighted by Gasteiger charge is -2.19. The first kappa shape index (κ1) is 21.6. The van der Waals surface area contributed by atoms with E-state index in [0.717, 1.165) is 27.9 Å². The number of amides is 2. The number of carbonyl (C=O) groups is 3. The molecular weight excluding hydrogens is 380 g/mol. The predicted octanol–water partition coefficient (Wildman–Crippen LogP) is 3.53. The number of ether oxygens (including phenoxy) is 1. The largest absolute Gasteiger partial charge is 0.452 e. The van der Waals surface area contributed by atoms with Crippen LogP contribution < -0.4 is 5.32 Å². The van der Waals surface area contributed by atoms with Gasteiger partial charge in [-0.15, -0.1) is 0 Å². The van der Waals surface area contributed by atoms with Gasteiger partial charge < -0.3 is 15.0 Å². The summed E-state index contributed by atoms with van der Waals surface area (Å²) in [6.45, 7) is 8.17. The highest BCUT2D eigenvalue weighted by Crippen LogP contribution is 2.24. The fourth-order valence-corrected chi connectivity index (χ4v) is 3.81. The molecule has 1 N–H and O–H groups in total. The van der Waals surface area contributed by atoms with E-state index in [1.165, 1.54) is 0 Å². The highest BCUT2D eigenvalue weighted by molar-refractivity contribution is 5.97. The van der Waals surface area contributed by atoms with Crippen LogP contribution in [0.25, 0.3) is 0 Å². The van der Waals surface area contributed by atoms with E-state index in [1.54, 1.807) is 11.8 Å². The van der Waals surface area contributed by atoms with Crippen molar-refractivity contribution in [2.75, 3.05) is 11.9 Å². The summed E-state index contributed by atoms with van der Waals surface area (Å²) in [5.41, 5.74) is 4.78. The van der Waals surface area contributed by atoms with E-state index in [-0.39, 0.29) is 18.2 Å². The second kappa shape index (κ2) is 9.11. The average molecular weight is 408 g/mol. The third-order valence-corrected chi connectivity index (χ3v) is 5.35. The molecule has 2 aromatic rings. The average Bonchev–Trinajstić information content (AvgIpc) is 3.05. The Labute approximate surface area is 177 Å². The van der Waals surface area contributed by atoms with Gasteiger partial charge in [0, 0.05) is 25.2 Å². The molecule has 1 aliphatic rings. The fourth-order valence-electron chi connectivity index (χ4n) is 3.81. The second-order valence-corrected chi connectivity index (χ2v) is 8.00. The fraction of sp³-hybridized carbons (Fsp3) is 0.375. The summed E-state index contributed by atoms with van der Waals surface area (Å²) >= 11 is 0. The number of nitrogens with zero attached hydrogens (tertiary/aromatic N) is 1. The van der Waals surface area contributed by atoms with Gasteiger partial charge in [-0.05, 0) is 44.4 Å². The van der Waals surface area contributed by atoms with Gasteiger partial charge in [-0.3, -0.25) is 14.4 Å². The number of anilines is 1. The van der Waals surface area contributed by atoms with Crippen LogP contribution in [0.15, 0.2) is 42.5 Å². The van der Waals surface area contributed by atoms with E-state index < -0.39 is 18.0 Å². The summed E-state index contributed by atoms with van der Waals surface area (Å²) < 4.78 is 5.39. The van der Waals surface area contributed by atoms with Gasteiger partial charge in [-0.2, -0.15) is 0 Å². The van der Waals surface area contributed by atoms with Crippen LogP contribution >= 0.6 is 0 Å².